The van der Waals surface area contributed by atoms with Crippen molar-refractivity contribution in [2.24, 2.45) is 16.8 Å². The van der Waals surface area contributed by atoms with Crippen LogP contribution in [-0.4, -0.2) is 94.9 Å². The molecule has 3 aliphatic heterocycles. The molecule has 308 valence electrons. The van der Waals surface area contributed by atoms with E-state index in [4.69, 9.17) is 19.5 Å². The lowest BCUT2D eigenvalue weighted by Gasteiger charge is -2.30. The number of amides is 4. The maximum Gasteiger partial charge on any atom is 0.407 e. The van der Waals surface area contributed by atoms with Gasteiger partial charge in [-0.3, -0.25) is 14.6 Å². The molecule has 0 aliphatic carbocycles. The number of rotatable bonds is 9. The standard InChI is InChI=1S/C45H50FN7O6/c1-23(2)38(50-44(56)58-5)42(54)52-19-7-9-35(52)34-22-31-29-15-14-27(37(46)30(29)16-18-32(31)47-34)25-11-13-28-26(21-25)12-17-33-40(28)49-41(48-33)36-10-8-20-53(36)43(55)39(24(3)4)51-45(57)59-6/h11-18,21,23-24,35-36,38-39H,7-10,19-20,22H2,1-6H3,(H,48,49)(H,50,56)(H,51,57)/t35-,36-,38-,39-/m0/s1. The van der Waals surface area contributed by atoms with Gasteiger partial charge in [-0.05, 0) is 83.7 Å². The summed E-state index contributed by atoms with van der Waals surface area (Å²) in [6.07, 6.45) is 2.35. The van der Waals surface area contributed by atoms with Crippen molar-refractivity contribution < 1.29 is 33.0 Å². The van der Waals surface area contributed by atoms with E-state index in [2.05, 4.69) is 15.6 Å². The maximum atomic E-state index is 16.6. The van der Waals surface area contributed by atoms with Gasteiger partial charge in [-0.15, -0.1) is 0 Å². The summed E-state index contributed by atoms with van der Waals surface area (Å²) in [5.41, 5.74) is 5.40. The van der Waals surface area contributed by atoms with Crippen LogP contribution in [0.2, 0.25) is 0 Å². The molecule has 0 saturated carbocycles. The molecule has 1 aromatic heterocycles. The zero-order valence-corrected chi connectivity index (χ0v) is 34.2. The van der Waals surface area contributed by atoms with Gasteiger partial charge in [-0.1, -0.05) is 58.0 Å². The zero-order chi connectivity index (χ0) is 41.7. The fourth-order valence-corrected chi connectivity index (χ4v) is 9.10. The minimum absolute atomic E-state index is 0.136. The number of halogens is 1. The Hall–Kier alpha value is -6.05. The number of nitrogens with one attached hydrogen (secondary N) is 3. The van der Waals surface area contributed by atoms with Gasteiger partial charge in [0.2, 0.25) is 11.8 Å². The number of H-pyrrole nitrogens is 1. The smallest absolute Gasteiger partial charge is 0.407 e. The van der Waals surface area contributed by atoms with Gasteiger partial charge in [0.15, 0.2) is 0 Å². The van der Waals surface area contributed by atoms with Gasteiger partial charge < -0.3 is 34.9 Å². The summed E-state index contributed by atoms with van der Waals surface area (Å²) in [6.45, 7) is 8.68. The second-order valence-electron chi connectivity index (χ2n) is 16.5. The van der Waals surface area contributed by atoms with Crippen LogP contribution in [0.5, 0.6) is 0 Å². The number of ether oxygens (including phenoxy) is 2. The van der Waals surface area contributed by atoms with E-state index in [0.29, 0.717) is 36.3 Å². The van der Waals surface area contributed by atoms with Crippen LogP contribution in [0.1, 0.15) is 70.8 Å². The van der Waals surface area contributed by atoms with E-state index in [0.717, 1.165) is 75.4 Å². The number of aromatic amines is 1. The van der Waals surface area contributed by atoms with Crippen molar-refractivity contribution in [2.45, 2.75) is 84.0 Å². The number of nitrogens with zero attached hydrogens (tertiary/aromatic N) is 4. The topological polar surface area (TPSA) is 158 Å². The summed E-state index contributed by atoms with van der Waals surface area (Å²) in [6, 6.07) is 15.3. The molecule has 4 heterocycles. The molecule has 4 amide bonds. The first-order valence-electron chi connectivity index (χ1n) is 20.4. The molecule has 8 rings (SSSR count). The van der Waals surface area contributed by atoms with E-state index >= 15 is 4.39 Å². The number of hydrogen-bond acceptors (Lipinski definition) is 8. The minimum atomic E-state index is -0.726. The fourth-order valence-electron chi connectivity index (χ4n) is 9.10. The van der Waals surface area contributed by atoms with Crippen LogP contribution in [0.25, 0.3) is 43.7 Å². The normalized spacial score (nSPS) is 18.8. The molecule has 0 unspecified atom stereocenters. The van der Waals surface area contributed by atoms with Crippen LogP contribution in [-0.2, 0) is 25.5 Å². The number of aromatic nitrogens is 2. The average molecular weight is 804 g/mol. The number of carbonyl (C=O) groups excluding carboxylic acids is 4. The monoisotopic (exact) mass is 803 g/mol. The number of benzene rings is 4. The lowest BCUT2D eigenvalue weighted by Crippen LogP contribution is -2.53. The molecule has 3 aliphatic rings. The number of carbonyl (C=O) groups is 4. The zero-order valence-electron chi connectivity index (χ0n) is 34.2. The fraction of sp³-hybridized carbons (Fsp3) is 0.422. The van der Waals surface area contributed by atoms with Crippen LogP contribution in [0.4, 0.5) is 19.7 Å². The molecule has 0 bridgehead atoms. The Bertz CT molecular complexity index is 2530. The van der Waals surface area contributed by atoms with Crippen LogP contribution in [0.3, 0.4) is 0 Å². The van der Waals surface area contributed by atoms with Crippen molar-refractivity contribution in [2.75, 3.05) is 27.3 Å². The highest BCUT2D eigenvalue weighted by Crippen LogP contribution is 2.41. The van der Waals surface area contributed by atoms with Gasteiger partial charge >= 0.3 is 12.2 Å². The highest BCUT2D eigenvalue weighted by atomic mass is 19.1. The first-order valence-corrected chi connectivity index (χ1v) is 20.4. The summed E-state index contributed by atoms with van der Waals surface area (Å²) < 4.78 is 26.2. The Morgan fingerprint density at radius 1 is 0.780 bits per heavy atom. The third-order valence-electron chi connectivity index (χ3n) is 12.2. The highest BCUT2D eigenvalue weighted by Gasteiger charge is 2.40. The number of fused-ring (bicyclic) bond motifs is 6. The Labute approximate surface area is 341 Å². The first-order chi connectivity index (χ1) is 28.4. The minimum Gasteiger partial charge on any atom is -0.453 e. The number of alkyl carbamates (subject to hydrolysis) is 2. The van der Waals surface area contributed by atoms with Crippen molar-refractivity contribution >= 4 is 68.0 Å². The predicted molar refractivity (Wildman–Crippen MR) is 224 cm³/mol. The quantitative estimate of drug-likeness (QED) is 0.138. The summed E-state index contributed by atoms with van der Waals surface area (Å²) >= 11 is 0. The van der Waals surface area contributed by atoms with E-state index in [1.807, 2.05) is 81.1 Å². The summed E-state index contributed by atoms with van der Waals surface area (Å²) in [4.78, 5) is 68.6. The van der Waals surface area contributed by atoms with Gasteiger partial charge in [0.1, 0.15) is 23.7 Å². The lowest BCUT2D eigenvalue weighted by molar-refractivity contribution is -0.135. The van der Waals surface area contributed by atoms with E-state index < -0.39 is 24.3 Å². The molecule has 2 fully saturated rings. The number of likely N-dealkylation sites (tertiary alicyclic amines) is 2. The molecule has 2 saturated heterocycles. The molecule has 0 radical (unpaired) electrons. The van der Waals surface area contributed by atoms with Gasteiger partial charge in [0.25, 0.3) is 0 Å². The molecule has 4 atom stereocenters. The van der Waals surface area contributed by atoms with Crippen molar-refractivity contribution in [3.63, 3.8) is 0 Å². The summed E-state index contributed by atoms with van der Waals surface area (Å²) in [5, 5.41) is 8.50. The van der Waals surface area contributed by atoms with Crippen LogP contribution >= 0.6 is 0 Å². The number of imidazole rings is 1. The van der Waals surface area contributed by atoms with E-state index in [-0.39, 0.29) is 41.6 Å². The van der Waals surface area contributed by atoms with Crippen molar-refractivity contribution in [3.05, 3.63) is 71.8 Å². The SMILES string of the molecule is COC(=O)N[C@H](C(=O)N1CCC[C@H]1C1=Nc2ccc3c(F)c(-c4ccc5c(ccc6[nH]c([C@@H]7CCCN7C(=O)[C@@H](NC(=O)OC)C(C)C)nc65)c4)ccc3c2C1)C(C)C. The largest absolute Gasteiger partial charge is 0.453 e. The number of aliphatic imine (C=N–C) groups is 1. The molecule has 14 heteroatoms. The summed E-state index contributed by atoms with van der Waals surface area (Å²) in [7, 11) is 2.56. The third-order valence-corrected chi connectivity index (χ3v) is 12.2. The maximum absolute atomic E-state index is 16.6. The lowest BCUT2D eigenvalue weighted by atomic mass is 9.93. The van der Waals surface area contributed by atoms with Gasteiger partial charge in [-0.25, -0.2) is 19.0 Å². The first kappa shape index (κ1) is 39.8. The van der Waals surface area contributed by atoms with Gasteiger partial charge in [0, 0.05) is 41.6 Å². The molecular formula is C45H50FN7O6. The Morgan fingerprint density at radius 2 is 1.39 bits per heavy atom. The van der Waals surface area contributed by atoms with E-state index in [9.17, 15) is 19.2 Å². The Balaban J connectivity index is 1.04. The molecule has 3 N–H and O–H groups in total. The molecular weight excluding hydrogens is 754 g/mol. The Morgan fingerprint density at radius 3 is 2.03 bits per heavy atom. The summed E-state index contributed by atoms with van der Waals surface area (Å²) in [5.74, 6) is -0.235. The second-order valence-corrected chi connectivity index (χ2v) is 16.5. The third kappa shape index (κ3) is 7.22. The van der Waals surface area contributed by atoms with Crippen molar-refractivity contribution in [3.8, 4) is 11.1 Å². The van der Waals surface area contributed by atoms with E-state index in [1.165, 1.54) is 14.2 Å². The average Bonchev–Trinajstić information content (AvgIpc) is 4.06. The molecule has 13 nitrogen and oxygen atoms in total. The number of hydrogen-bond donors (Lipinski definition) is 3. The second kappa shape index (κ2) is 16.0. The van der Waals surface area contributed by atoms with Crippen LogP contribution < -0.4 is 10.6 Å². The van der Waals surface area contributed by atoms with E-state index in [1.54, 1.807) is 11.0 Å². The van der Waals surface area contributed by atoms with Crippen molar-refractivity contribution in [1.29, 1.82) is 0 Å². The number of methoxy groups -OCH3 is 2. The molecule has 0 spiro atoms. The predicted octanol–water partition coefficient (Wildman–Crippen LogP) is 7.72. The van der Waals surface area contributed by atoms with Gasteiger partial charge in [0.05, 0.1) is 43.0 Å². The van der Waals surface area contributed by atoms with Gasteiger partial charge in [-0.2, -0.15) is 0 Å². The van der Waals surface area contributed by atoms with Crippen LogP contribution in [0.15, 0.2) is 59.6 Å². The Kier molecular flexibility index (Phi) is 10.7. The highest BCUT2D eigenvalue weighted by molar-refractivity contribution is 6.08. The van der Waals surface area contributed by atoms with Crippen molar-refractivity contribution in [1.82, 2.24) is 30.4 Å². The van der Waals surface area contributed by atoms with Crippen LogP contribution in [0, 0.1) is 17.7 Å². The molecule has 4 aromatic carbocycles. The molecule has 59 heavy (non-hydrogen) atoms. The molecule has 5 aromatic rings.